The van der Waals surface area contributed by atoms with Gasteiger partial charge in [-0.25, -0.2) is 14.2 Å². The fourth-order valence-electron chi connectivity index (χ4n) is 1.09. The molecule has 0 aliphatic carbocycles. The first-order chi connectivity index (χ1) is 7.93. The van der Waals surface area contributed by atoms with E-state index < -0.39 is 23.4 Å². The van der Waals surface area contributed by atoms with Crippen molar-refractivity contribution >= 4 is 17.5 Å². The van der Waals surface area contributed by atoms with E-state index in [0.717, 1.165) is 12.1 Å². The molecule has 2 amide bonds. The molecule has 90 valence electrons. The van der Waals surface area contributed by atoms with Gasteiger partial charge in [-0.2, -0.15) is 5.10 Å². The summed E-state index contributed by atoms with van der Waals surface area (Å²) in [5.41, 5.74) is 5.94. The molecule has 0 radical (unpaired) electrons. The van der Waals surface area contributed by atoms with Gasteiger partial charge in [0.2, 0.25) is 0 Å². The molecule has 0 saturated carbocycles. The molecule has 1 aromatic carbocycles. The average Bonchev–Trinajstić information content (AvgIpc) is 2.25. The number of nitrogens with two attached hydrogens (primary N) is 1. The van der Waals surface area contributed by atoms with Crippen molar-refractivity contribution < 1.29 is 18.4 Å². The van der Waals surface area contributed by atoms with Crippen LogP contribution in [0.5, 0.6) is 0 Å². The molecule has 1 aromatic rings. The predicted molar refractivity (Wildman–Crippen MR) is 55.9 cm³/mol. The number of halogens is 2. The van der Waals surface area contributed by atoms with Crippen molar-refractivity contribution in [3.63, 3.8) is 0 Å². The highest BCUT2D eigenvalue weighted by molar-refractivity contribution is 6.34. The summed E-state index contributed by atoms with van der Waals surface area (Å²) < 4.78 is 26.5. The van der Waals surface area contributed by atoms with Gasteiger partial charge >= 0.3 is 11.8 Å². The maximum absolute atomic E-state index is 13.3. The summed E-state index contributed by atoms with van der Waals surface area (Å²) in [6.45, 7) is 1.28. The third kappa shape index (κ3) is 3.07. The number of carbonyl (C=O) groups excluding carboxylic acids is 2. The minimum Gasteiger partial charge on any atom is -0.361 e. The van der Waals surface area contributed by atoms with Crippen molar-refractivity contribution in [1.82, 2.24) is 5.43 Å². The van der Waals surface area contributed by atoms with Crippen LogP contribution in [0.3, 0.4) is 0 Å². The van der Waals surface area contributed by atoms with E-state index >= 15 is 0 Å². The number of nitrogens with one attached hydrogen (secondary N) is 1. The molecule has 0 unspecified atom stereocenters. The second-order valence-corrected chi connectivity index (χ2v) is 3.10. The zero-order valence-electron chi connectivity index (χ0n) is 8.83. The maximum atomic E-state index is 13.3. The van der Waals surface area contributed by atoms with Crippen molar-refractivity contribution in [3.05, 3.63) is 35.4 Å². The maximum Gasteiger partial charge on any atom is 0.329 e. The average molecular weight is 241 g/mol. The lowest BCUT2D eigenvalue weighted by molar-refractivity contribution is -0.137. The van der Waals surface area contributed by atoms with Gasteiger partial charge in [-0.05, 0) is 19.1 Å². The quantitative estimate of drug-likeness (QED) is 0.443. The molecule has 3 N–H and O–H groups in total. The Kier molecular flexibility index (Phi) is 3.86. The van der Waals surface area contributed by atoms with E-state index in [1.54, 1.807) is 5.43 Å². The summed E-state index contributed by atoms with van der Waals surface area (Å²) >= 11 is 0. The van der Waals surface area contributed by atoms with Crippen LogP contribution in [-0.4, -0.2) is 17.5 Å². The number of rotatable bonds is 2. The van der Waals surface area contributed by atoms with Gasteiger partial charge in [-0.1, -0.05) is 6.07 Å². The van der Waals surface area contributed by atoms with E-state index in [9.17, 15) is 18.4 Å². The molecule has 0 aliphatic rings. The summed E-state index contributed by atoms with van der Waals surface area (Å²) in [6, 6.07) is 3.30. The smallest absolute Gasteiger partial charge is 0.329 e. The number of primary amides is 1. The topological polar surface area (TPSA) is 84.6 Å². The minimum atomic E-state index is -1.24. The molecule has 7 heteroatoms. The predicted octanol–water partition coefficient (Wildman–Crippen LogP) is 0.290. The number of amides is 2. The Morgan fingerprint density at radius 3 is 2.29 bits per heavy atom. The molecule has 0 bridgehead atoms. The molecule has 1 rings (SSSR count). The Morgan fingerprint density at radius 1 is 1.29 bits per heavy atom. The highest BCUT2D eigenvalue weighted by atomic mass is 19.1. The third-order valence-corrected chi connectivity index (χ3v) is 1.87. The molecule has 5 nitrogen and oxygen atoms in total. The fourth-order valence-corrected chi connectivity index (χ4v) is 1.09. The third-order valence-electron chi connectivity index (χ3n) is 1.87. The number of carbonyl (C=O) groups is 2. The minimum absolute atomic E-state index is 0.116. The zero-order valence-corrected chi connectivity index (χ0v) is 8.83. The monoisotopic (exact) mass is 241 g/mol. The van der Waals surface area contributed by atoms with Crippen molar-refractivity contribution in [2.45, 2.75) is 6.92 Å². The SMILES string of the molecule is C/C(=N/NC(=O)C(N)=O)c1c(F)cccc1F. The highest BCUT2D eigenvalue weighted by Crippen LogP contribution is 2.12. The standard InChI is InChI=1S/C10H9F2N3O2/c1-5(14-15-10(17)9(13)16)8-6(11)3-2-4-7(8)12/h2-4H,1H3,(H2,13,16)(H,15,17)/b14-5-. The van der Waals surface area contributed by atoms with E-state index in [4.69, 9.17) is 0 Å². The lowest BCUT2D eigenvalue weighted by Crippen LogP contribution is -2.33. The Labute approximate surface area is 95.3 Å². The number of benzene rings is 1. The molecule has 0 aromatic heterocycles. The second-order valence-electron chi connectivity index (χ2n) is 3.10. The largest absolute Gasteiger partial charge is 0.361 e. The lowest BCUT2D eigenvalue weighted by Gasteiger charge is -2.04. The van der Waals surface area contributed by atoms with Crippen LogP contribution in [0.15, 0.2) is 23.3 Å². The van der Waals surface area contributed by atoms with Crippen LogP contribution in [0.25, 0.3) is 0 Å². The number of hydrogen-bond acceptors (Lipinski definition) is 3. The van der Waals surface area contributed by atoms with Crippen LogP contribution in [-0.2, 0) is 9.59 Å². The van der Waals surface area contributed by atoms with Gasteiger partial charge in [0.05, 0.1) is 11.3 Å². The first-order valence-electron chi connectivity index (χ1n) is 4.52. The van der Waals surface area contributed by atoms with Crippen molar-refractivity contribution in [2.24, 2.45) is 10.8 Å². The number of nitrogens with zero attached hydrogens (tertiary/aromatic N) is 1. The van der Waals surface area contributed by atoms with E-state index in [0.29, 0.717) is 0 Å². The Morgan fingerprint density at radius 2 is 1.82 bits per heavy atom. The van der Waals surface area contributed by atoms with Gasteiger partial charge in [-0.15, -0.1) is 0 Å². The van der Waals surface area contributed by atoms with Gasteiger partial charge in [0.15, 0.2) is 0 Å². The van der Waals surface area contributed by atoms with Gasteiger partial charge in [0, 0.05) is 0 Å². The molecule has 0 fully saturated rings. The highest BCUT2D eigenvalue weighted by Gasteiger charge is 2.12. The molecular formula is C10H9F2N3O2. The van der Waals surface area contributed by atoms with E-state index in [1.165, 1.54) is 13.0 Å². The zero-order chi connectivity index (χ0) is 13.0. The van der Waals surface area contributed by atoms with Gasteiger partial charge in [-0.3, -0.25) is 9.59 Å². The number of hydrogen-bond donors (Lipinski definition) is 2. The lowest BCUT2D eigenvalue weighted by atomic mass is 10.1. The van der Waals surface area contributed by atoms with Crippen LogP contribution < -0.4 is 11.2 Å². The van der Waals surface area contributed by atoms with Crippen molar-refractivity contribution in [2.75, 3.05) is 0 Å². The summed E-state index contributed by atoms with van der Waals surface area (Å²) in [5, 5.41) is 3.37. The normalized spacial score (nSPS) is 11.1. The van der Waals surface area contributed by atoms with Crippen LogP contribution >= 0.6 is 0 Å². The molecular weight excluding hydrogens is 232 g/mol. The van der Waals surface area contributed by atoms with Crippen molar-refractivity contribution in [1.29, 1.82) is 0 Å². The molecule has 17 heavy (non-hydrogen) atoms. The summed E-state index contributed by atoms with van der Waals surface area (Å²) in [5.74, 6) is -4.05. The Bertz CT molecular complexity index is 480. The van der Waals surface area contributed by atoms with E-state index in [2.05, 4.69) is 10.8 Å². The van der Waals surface area contributed by atoms with Gasteiger partial charge in [0.25, 0.3) is 0 Å². The van der Waals surface area contributed by atoms with Crippen LogP contribution in [0, 0.1) is 11.6 Å². The Hall–Kier alpha value is -2.31. The molecule has 0 saturated heterocycles. The fraction of sp³-hybridized carbons (Fsp3) is 0.100. The molecule has 0 aliphatic heterocycles. The van der Waals surface area contributed by atoms with E-state index in [1.807, 2.05) is 0 Å². The Balaban J connectivity index is 2.97. The van der Waals surface area contributed by atoms with E-state index in [-0.39, 0.29) is 11.3 Å². The van der Waals surface area contributed by atoms with Crippen LogP contribution in [0.1, 0.15) is 12.5 Å². The second kappa shape index (κ2) is 5.15. The van der Waals surface area contributed by atoms with Gasteiger partial charge < -0.3 is 5.73 Å². The first kappa shape index (κ1) is 12.8. The molecule has 0 heterocycles. The van der Waals surface area contributed by atoms with Crippen molar-refractivity contribution in [3.8, 4) is 0 Å². The summed E-state index contributed by atoms with van der Waals surface area (Å²) in [4.78, 5) is 21.1. The summed E-state index contributed by atoms with van der Waals surface area (Å²) in [7, 11) is 0. The summed E-state index contributed by atoms with van der Waals surface area (Å²) in [6.07, 6.45) is 0. The van der Waals surface area contributed by atoms with Gasteiger partial charge in [0.1, 0.15) is 11.6 Å². The van der Waals surface area contributed by atoms with Crippen LogP contribution in [0.4, 0.5) is 8.78 Å². The molecule has 0 spiro atoms. The number of hydrazone groups is 1. The molecule has 0 atom stereocenters. The van der Waals surface area contributed by atoms with Crippen LogP contribution in [0.2, 0.25) is 0 Å². The first-order valence-corrected chi connectivity index (χ1v) is 4.52.